The lowest BCUT2D eigenvalue weighted by Crippen LogP contribution is -2.43. The molecule has 3 heterocycles. The molecular formula is C35H36FN5O2. The Labute approximate surface area is 252 Å². The van der Waals surface area contributed by atoms with Crippen LogP contribution in [0.4, 0.5) is 10.1 Å². The monoisotopic (exact) mass is 577 g/mol. The molecule has 2 aliphatic rings. The van der Waals surface area contributed by atoms with Crippen LogP contribution in [-0.4, -0.2) is 42.8 Å². The molecule has 1 saturated heterocycles. The number of carbonyl (C=O) groups is 1. The van der Waals surface area contributed by atoms with Crippen LogP contribution in [0.25, 0.3) is 22.4 Å². The second-order valence-electron chi connectivity index (χ2n) is 11.7. The smallest absolute Gasteiger partial charge is 0.316 e. The number of hydrogen-bond donors (Lipinski definition) is 1. The van der Waals surface area contributed by atoms with Gasteiger partial charge in [-0.2, -0.15) is 5.26 Å². The minimum Gasteiger partial charge on any atom is -0.426 e. The average Bonchev–Trinajstić information content (AvgIpc) is 3.43. The normalized spacial score (nSPS) is 15.3. The molecule has 43 heavy (non-hydrogen) atoms. The van der Waals surface area contributed by atoms with Gasteiger partial charge in [0.25, 0.3) is 0 Å². The van der Waals surface area contributed by atoms with E-state index in [4.69, 9.17) is 14.7 Å². The first-order chi connectivity index (χ1) is 20.6. The Balaban J connectivity index is 1.65. The zero-order valence-corrected chi connectivity index (χ0v) is 25.3. The number of fused-ring (bicyclic) bond motifs is 1. The lowest BCUT2D eigenvalue weighted by molar-refractivity contribution is -0.143. The number of carbonyl (C=O) groups excluding carboxylic acids is 1. The Morgan fingerprint density at radius 2 is 1.84 bits per heavy atom. The van der Waals surface area contributed by atoms with Gasteiger partial charge in [0.1, 0.15) is 17.6 Å². The number of allylic oxidation sites excluding steroid dienone is 4. The van der Waals surface area contributed by atoms with Crippen molar-refractivity contribution in [2.75, 3.05) is 31.1 Å². The van der Waals surface area contributed by atoms with Crippen LogP contribution in [0.15, 0.2) is 71.3 Å². The number of anilines is 1. The van der Waals surface area contributed by atoms with Crippen molar-refractivity contribution in [2.45, 2.75) is 41.2 Å². The van der Waals surface area contributed by atoms with E-state index in [1.807, 2.05) is 44.2 Å². The minimum absolute atomic E-state index is 0.0972. The van der Waals surface area contributed by atoms with E-state index < -0.39 is 17.2 Å². The second kappa shape index (κ2) is 12.3. The molecule has 5 rings (SSSR count). The molecule has 0 amide bonds. The first kappa shape index (κ1) is 29.9. The molecule has 0 radical (unpaired) electrons. The van der Waals surface area contributed by atoms with Crippen molar-refractivity contribution >= 4 is 17.4 Å². The highest BCUT2D eigenvalue weighted by atomic mass is 19.1. The van der Waals surface area contributed by atoms with Gasteiger partial charge >= 0.3 is 5.97 Å². The second-order valence-corrected chi connectivity index (χ2v) is 11.7. The summed E-state index contributed by atoms with van der Waals surface area (Å²) in [4.78, 5) is 24.3. The summed E-state index contributed by atoms with van der Waals surface area (Å²) in [7, 11) is 0. The number of nitrogens with zero attached hydrogens (tertiary/aromatic N) is 4. The Kier molecular flexibility index (Phi) is 8.56. The average molecular weight is 578 g/mol. The van der Waals surface area contributed by atoms with Crippen LogP contribution in [-0.2, 0) is 11.3 Å². The molecule has 8 heteroatoms. The third-order valence-corrected chi connectivity index (χ3v) is 7.58. The van der Waals surface area contributed by atoms with Crippen molar-refractivity contribution in [1.82, 2.24) is 10.3 Å². The van der Waals surface area contributed by atoms with Crippen molar-refractivity contribution in [2.24, 2.45) is 10.4 Å². The summed E-state index contributed by atoms with van der Waals surface area (Å²) in [6.45, 7) is 13.2. The summed E-state index contributed by atoms with van der Waals surface area (Å²) in [5.74, 6) is -1.00. The van der Waals surface area contributed by atoms with Crippen LogP contribution < -0.4 is 15.0 Å². The quantitative estimate of drug-likeness (QED) is 0.201. The number of nitriles is 1. The van der Waals surface area contributed by atoms with Gasteiger partial charge in [-0.05, 0) is 70.0 Å². The lowest BCUT2D eigenvalue weighted by atomic mass is 9.88. The number of aromatic nitrogens is 1. The van der Waals surface area contributed by atoms with Gasteiger partial charge in [0.05, 0.1) is 34.6 Å². The number of pyridine rings is 1. The highest BCUT2D eigenvalue weighted by molar-refractivity contribution is 6.19. The molecule has 0 unspecified atom stereocenters. The fraction of sp³-hybridized carbons (Fsp3) is 0.314. The van der Waals surface area contributed by atoms with Gasteiger partial charge in [-0.1, -0.05) is 30.4 Å². The van der Waals surface area contributed by atoms with Gasteiger partial charge in [-0.15, -0.1) is 0 Å². The molecule has 1 fully saturated rings. The molecule has 1 aromatic heterocycles. The molecule has 0 aliphatic carbocycles. The summed E-state index contributed by atoms with van der Waals surface area (Å²) in [6.07, 6.45) is 5.89. The number of aliphatic imine (C=N–C) groups is 1. The van der Waals surface area contributed by atoms with Crippen molar-refractivity contribution in [3.8, 4) is 34.2 Å². The van der Waals surface area contributed by atoms with E-state index in [1.54, 1.807) is 20.8 Å². The van der Waals surface area contributed by atoms with E-state index in [-0.39, 0.29) is 22.6 Å². The third-order valence-electron chi connectivity index (χ3n) is 7.58. The van der Waals surface area contributed by atoms with E-state index in [0.717, 1.165) is 54.3 Å². The lowest BCUT2D eigenvalue weighted by Gasteiger charge is -2.29. The highest BCUT2D eigenvalue weighted by Gasteiger charge is 2.30. The number of esters is 1. The molecule has 0 saturated carbocycles. The summed E-state index contributed by atoms with van der Waals surface area (Å²) < 4.78 is 21.1. The number of benzene rings is 2. The molecule has 2 aliphatic heterocycles. The van der Waals surface area contributed by atoms with E-state index in [1.165, 1.54) is 18.2 Å². The Bertz CT molecular complexity index is 1690. The summed E-state index contributed by atoms with van der Waals surface area (Å²) in [5, 5.41) is 13.9. The van der Waals surface area contributed by atoms with Gasteiger partial charge in [-0.3, -0.25) is 9.79 Å². The molecule has 7 nitrogen and oxygen atoms in total. The fourth-order valence-electron chi connectivity index (χ4n) is 5.24. The Morgan fingerprint density at radius 1 is 1.12 bits per heavy atom. The predicted octanol–water partition coefficient (Wildman–Crippen LogP) is 6.61. The fourth-order valence-corrected chi connectivity index (χ4v) is 5.24. The number of halogens is 1. The highest BCUT2D eigenvalue weighted by Crippen LogP contribution is 2.40. The van der Waals surface area contributed by atoms with E-state index in [9.17, 15) is 10.1 Å². The standard InChI is InChI=1S/C35H36FN5O2/c1-6-7-8-22(2)32-31-29(21-39-32)40-33(26-14-13-25(19-28(26)36)43-34(42)35(3,4)5)27(20-37)30(31)23-9-11-24(12-10-23)41-17-15-38-16-18-41/h6-14,19,38H,15-18,21H2,1-5H3/b7-6-,22-8+. The van der Waals surface area contributed by atoms with Crippen molar-refractivity contribution in [3.05, 3.63) is 88.9 Å². The number of ether oxygens (including phenoxy) is 1. The zero-order chi connectivity index (χ0) is 30.7. The number of hydrogen-bond acceptors (Lipinski definition) is 7. The molecule has 3 aromatic rings. The van der Waals surface area contributed by atoms with Crippen LogP contribution in [0.2, 0.25) is 0 Å². The maximum absolute atomic E-state index is 15.7. The van der Waals surface area contributed by atoms with Crippen LogP contribution in [0.3, 0.4) is 0 Å². The maximum atomic E-state index is 15.7. The van der Waals surface area contributed by atoms with Crippen LogP contribution in [0.1, 0.15) is 51.4 Å². The van der Waals surface area contributed by atoms with Gasteiger partial charge in [0, 0.05) is 54.6 Å². The van der Waals surface area contributed by atoms with Gasteiger partial charge in [0.2, 0.25) is 0 Å². The summed E-state index contributed by atoms with van der Waals surface area (Å²) in [5.41, 5.74) is 5.74. The SMILES string of the molecule is C/C=C\C=C(/C)C1=NCc2nc(-c3ccc(OC(=O)C(C)(C)C)cc3F)c(C#N)c(-c3ccc(N4CCNCC4)cc3)c21. The third kappa shape index (κ3) is 6.13. The van der Waals surface area contributed by atoms with E-state index in [2.05, 4.69) is 28.4 Å². The minimum atomic E-state index is -0.739. The van der Waals surface area contributed by atoms with Crippen LogP contribution in [0, 0.1) is 22.6 Å². The van der Waals surface area contributed by atoms with Crippen molar-refractivity contribution in [1.29, 1.82) is 5.26 Å². The molecule has 1 N–H and O–H groups in total. The van der Waals surface area contributed by atoms with E-state index in [0.29, 0.717) is 17.8 Å². The molecule has 2 aromatic carbocycles. The largest absolute Gasteiger partial charge is 0.426 e. The first-order valence-electron chi connectivity index (χ1n) is 14.5. The molecular weight excluding hydrogens is 541 g/mol. The van der Waals surface area contributed by atoms with Crippen molar-refractivity contribution < 1.29 is 13.9 Å². The predicted molar refractivity (Wildman–Crippen MR) is 169 cm³/mol. The first-order valence-corrected chi connectivity index (χ1v) is 14.5. The molecule has 0 atom stereocenters. The van der Waals surface area contributed by atoms with Crippen LogP contribution in [0.5, 0.6) is 5.75 Å². The Morgan fingerprint density at radius 3 is 2.47 bits per heavy atom. The van der Waals surface area contributed by atoms with Gasteiger partial charge in [0.15, 0.2) is 0 Å². The maximum Gasteiger partial charge on any atom is 0.316 e. The summed E-state index contributed by atoms with van der Waals surface area (Å²) >= 11 is 0. The molecule has 0 bridgehead atoms. The number of rotatable bonds is 6. The molecule has 0 spiro atoms. The summed E-state index contributed by atoms with van der Waals surface area (Å²) in [6, 6.07) is 14.7. The topological polar surface area (TPSA) is 90.6 Å². The van der Waals surface area contributed by atoms with E-state index >= 15 is 4.39 Å². The van der Waals surface area contributed by atoms with Gasteiger partial charge < -0.3 is 15.0 Å². The number of nitrogens with one attached hydrogen (secondary N) is 1. The molecule has 220 valence electrons. The Hall–Kier alpha value is -4.61. The van der Waals surface area contributed by atoms with Crippen molar-refractivity contribution in [3.63, 3.8) is 0 Å². The van der Waals surface area contributed by atoms with Crippen LogP contribution >= 0.6 is 0 Å². The number of piperazine rings is 1. The zero-order valence-electron chi connectivity index (χ0n) is 25.3. The van der Waals surface area contributed by atoms with Gasteiger partial charge in [-0.25, -0.2) is 9.37 Å².